The summed E-state index contributed by atoms with van der Waals surface area (Å²) in [5, 5.41) is 6.67. The number of carbonyl (C=O) groups is 1. The van der Waals surface area contributed by atoms with Gasteiger partial charge in [-0.15, -0.1) is 24.0 Å². The van der Waals surface area contributed by atoms with Crippen LogP contribution in [0.15, 0.2) is 23.3 Å². The molecule has 4 N–H and O–H groups in total. The molecule has 0 saturated carbocycles. The minimum absolute atomic E-state index is 0. The van der Waals surface area contributed by atoms with E-state index in [4.69, 9.17) is 15.5 Å². The first-order valence-electron chi connectivity index (χ1n) is 11.2. The fraction of sp³-hybridized carbons (Fsp3) is 0.682. The Morgan fingerprint density at radius 3 is 2.68 bits per heavy atom. The molecular formula is C22H39IN6O2. The summed E-state index contributed by atoms with van der Waals surface area (Å²) in [4.78, 5) is 23.0. The monoisotopic (exact) mass is 546 g/mol. The standard InChI is InChI=1S/C22H38N6O2.HI/c1-3-5-15-30-16-7-12-26-22(24-4-2)27-17-19-8-6-11-25-21(19)28-13-9-18(10-14-28)20(23)29;/h6,8,11,18H,3-5,7,9-10,12-17H2,1-2H3,(H2,23,29)(H2,24,26,27);1H. The Kier molecular flexibility index (Phi) is 14.2. The van der Waals surface area contributed by atoms with Gasteiger partial charge in [-0.25, -0.2) is 9.98 Å². The molecule has 0 unspecified atom stereocenters. The van der Waals surface area contributed by atoms with Gasteiger partial charge in [0.15, 0.2) is 5.96 Å². The van der Waals surface area contributed by atoms with Gasteiger partial charge in [-0.2, -0.15) is 0 Å². The summed E-state index contributed by atoms with van der Waals surface area (Å²) in [5.41, 5.74) is 6.54. The first-order valence-corrected chi connectivity index (χ1v) is 11.2. The number of primary amides is 1. The quantitative estimate of drug-likeness (QED) is 0.161. The van der Waals surface area contributed by atoms with Crippen molar-refractivity contribution >= 4 is 41.7 Å². The number of hydrogen-bond acceptors (Lipinski definition) is 5. The predicted molar refractivity (Wildman–Crippen MR) is 137 cm³/mol. The van der Waals surface area contributed by atoms with Crippen LogP contribution in [-0.2, 0) is 16.1 Å². The van der Waals surface area contributed by atoms with Crippen molar-refractivity contribution in [3.8, 4) is 0 Å². The molecule has 0 bridgehead atoms. The molecule has 1 aromatic rings. The number of guanidine groups is 1. The van der Waals surface area contributed by atoms with Crippen LogP contribution in [0.25, 0.3) is 0 Å². The van der Waals surface area contributed by atoms with Crippen LogP contribution in [0.1, 0.15) is 51.5 Å². The largest absolute Gasteiger partial charge is 0.381 e. The molecule has 0 aromatic carbocycles. The number of nitrogens with two attached hydrogens (primary N) is 1. The Morgan fingerprint density at radius 1 is 1.26 bits per heavy atom. The summed E-state index contributed by atoms with van der Waals surface area (Å²) in [6.07, 6.45) is 6.59. The number of pyridine rings is 1. The molecule has 9 heteroatoms. The van der Waals surface area contributed by atoms with E-state index >= 15 is 0 Å². The lowest BCUT2D eigenvalue weighted by molar-refractivity contribution is -0.122. The van der Waals surface area contributed by atoms with Gasteiger partial charge in [-0.05, 0) is 38.7 Å². The predicted octanol–water partition coefficient (Wildman–Crippen LogP) is 2.66. The lowest BCUT2D eigenvalue weighted by Crippen LogP contribution is -2.39. The summed E-state index contributed by atoms with van der Waals surface area (Å²) in [5.74, 6) is 1.53. The van der Waals surface area contributed by atoms with Crippen LogP contribution >= 0.6 is 24.0 Å². The highest BCUT2D eigenvalue weighted by Crippen LogP contribution is 2.24. The average molecular weight is 546 g/mol. The Labute approximate surface area is 203 Å². The first-order chi connectivity index (χ1) is 14.7. The number of nitrogens with one attached hydrogen (secondary N) is 2. The van der Waals surface area contributed by atoms with Crippen molar-refractivity contribution in [2.45, 2.75) is 52.5 Å². The number of nitrogens with zero attached hydrogens (tertiary/aromatic N) is 3. The summed E-state index contributed by atoms with van der Waals surface area (Å²) in [6.45, 7) is 9.57. The van der Waals surface area contributed by atoms with Gasteiger partial charge in [0.2, 0.25) is 5.91 Å². The zero-order valence-corrected chi connectivity index (χ0v) is 21.3. The summed E-state index contributed by atoms with van der Waals surface area (Å²) in [6, 6.07) is 4.01. The van der Waals surface area contributed by atoms with Crippen molar-refractivity contribution in [1.29, 1.82) is 0 Å². The molecule has 8 nitrogen and oxygen atoms in total. The van der Waals surface area contributed by atoms with E-state index in [1.54, 1.807) is 0 Å². The number of carbonyl (C=O) groups excluding carboxylic acids is 1. The maximum absolute atomic E-state index is 11.4. The molecule has 1 amide bonds. The Balaban J connectivity index is 0.00000480. The third-order valence-electron chi connectivity index (χ3n) is 5.22. The summed E-state index contributed by atoms with van der Waals surface area (Å²) in [7, 11) is 0. The number of aromatic nitrogens is 1. The first kappa shape index (κ1) is 27.4. The van der Waals surface area contributed by atoms with Crippen LogP contribution in [0.4, 0.5) is 5.82 Å². The van der Waals surface area contributed by atoms with E-state index in [0.29, 0.717) is 6.54 Å². The fourth-order valence-corrected chi connectivity index (χ4v) is 3.45. The molecule has 0 radical (unpaired) electrons. The van der Waals surface area contributed by atoms with Gasteiger partial charge in [0.1, 0.15) is 5.82 Å². The van der Waals surface area contributed by atoms with E-state index in [-0.39, 0.29) is 35.8 Å². The molecule has 0 atom stereocenters. The van der Waals surface area contributed by atoms with Crippen LogP contribution in [0, 0.1) is 5.92 Å². The number of anilines is 1. The van der Waals surface area contributed by atoms with Crippen molar-refractivity contribution in [3.63, 3.8) is 0 Å². The Morgan fingerprint density at radius 2 is 2.00 bits per heavy atom. The molecule has 1 aromatic heterocycles. The molecule has 1 aliphatic rings. The molecule has 2 heterocycles. The zero-order valence-electron chi connectivity index (χ0n) is 18.9. The van der Waals surface area contributed by atoms with E-state index in [9.17, 15) is 4.79 Å². The van der Waals surface area contributed by atoms with Crippen LogP contribution in [0.2, 0.25) is 0 Å². The number of halogens is 1. The van der Waals surface area contributed by atoms with Gasteiger partial charge in [0.05, 0.1) is 6.54 Å². The third-order valence-corrected chi connectivity index (χ3v) is 5.22. The Hall–Kier alpha value is -1.62. The molecule has 31 heavy (non-hydrogen) atoms. The second-order valence-corrected chi connectivity index (χ2v) is 7.59. The smallest absolute Gasteiger partial charge is 0.220 e. The lowest BCUT2D eigenvalue weighted by Gasteiger charge is -2.32. The number of rotatable bonds is 12. The second-order valence-electron chi connectivity index (χ2n) is 7.59. The van der Waals surface area contributed by atoms with Gasteiger partial charge >= 0.3 is 0 Å². The third kappa shape index (κ3) is 10.0. The minimum Gasteiger partial charge on any atom is -0.381 e. The van der Waals surface area contributed by atoms with Gasteiger partial charge < -0.3 is 26.0 Å². The van der Waals surface area contributed by atoms with Crippen molar-refractivity contribution in [3.05, 3.63) is 23.9 Å². The van der Waals surface area contributed by atoms with Crippen molar-refractivity contribution in [1.82, 2.24) is 15.6 Å². The highest BCUT2D eigenvalue weighted by molar-refractivity contribution is 14.0. The second kappa shape index (κ2) is 16.1. The molecule has 176 valence electrons. The van der Waals surface area contributed by atoms with Crippen molar-refractivity contribution in [2.24, 2.45) is 16.6 Å². The number of hydrogen-bond donors (Lipinski definition) is 3. The normalized spacial score (nSPS) is 14.8. The van der Waals surface area contributed by atoms with Crippen LogP contribution in [-0.4, -0.2) is 56.2 Å². The molecule has 0 spiro atoms. The van der Waals surface area contributed by atoms with Crippen LogP contribution in [0.5, 0.6) is 0 Å². The SMILES string of the molecule is CCCCOCCCNC(=NCc1cccnc1N1CCC(C(N)=O)CC1)NCC.I. The minimum atomic E-state index is -0.197. The molecule has 0 aliphatic carbocycles. The summed E-state index contributed by atoms with van der Waals surface area (Å²) < 4.78 is 5.61. The number of ether oxygens (including phenoxy) is 1. The van der Waals surface area contributed by atoms with Crippen LogP contribution < -0.4 is 21.3 Å². The zero-order chi connectivity index (χ0) is 21.6. The van der Waals surface area contributed by atoms with Crippen molar-refractivity contribution < 1.29 is 9.53 Å². The van der Waals surface area contributed by atoms with E-state index in [2.05, 4.69) is 40.4 Å². The average Bonchev–Trinajstić information content (AvgIpc) is 2.77. The van der Waals surface area contributed by atoms with E-state index < -0.39 is 0 Å². The topological polar surface area (TPSA) is 105 Å². The number of unbranched alkanes of at least 4 members (excludes halogenated alkanes) is 1. The number of amides is 1. The van der Waals surface area contributed by atoms with E-state index in [1.165, 1.54) is 0 Å². The van der Waals surface area contributed by atoms with Gasteiger partial charge in [-0.3, -0.25) is 4.79 Å². The maximum atomic E-state index is 11.4. The van der Waals surface area contributed by atoms with Crippen molar-refractivity contribution in [2.75, 3.05) is 44.3 Å². The Bertz CT molecular complexity index is 665. The fourth-order valence-electron chi connectivity index (χ4n) is 3.45. The summed E-state index contributed by atoms with van der Waals surface area (Å²) >= 11 is 0. The van der Waals surface area contributed by atoms with Gasteiger partial charge in [-0.1, -0.05) is 19.4 Å². The highest BCUT2D eigenvalue weighted by Gasteiger charge is 2.24. The number of aliphatic imine (C=N–C) groups is 1. The van der Waals surface area contributed by atoms with Crippen LogP contribution in [0.3, 0.4) is 0 Å². The van der Waals surface area contributed by atoms with E-state index in [1.807, 2.05) is 12.3 Å². The molecule has 1 saturated heterocycles. The molecule has 1 fully saturated rings. The van der Waals surface area contributed by atoms with Gasteiger partial charge in [0.25, 0.3) is 0 Å². The van der Waals surface area contributed by atoms with Gasteiger partial charge in [0, 0.05) is 57.1 Å². The lowest BCUT2D eigenvalue weighted by atomic mass is 9.96. The highest BCUT2D eigenvalue weighted by atomic mass is 127. The maximum Gasteiger partial charge on any atom is 0.220 e. The molecule has 1 aliphatic heterocycles. The van der Waals surface area contributed by atoms with E-state index in [0.717, 1.165) is 88.8 Å². The molecular weight excluding hydrogens is 507 g/mol. The molecule has 2 rings (SSSR count). The number of piperidine rings is 1.